The number of nitrogens with one attached hydrogen (secondary N) is 2. The SMILES string of the molecule is COc1ccc(NC(=O)Nc2ccc(-n3ccnc3)nc2)cc1. The van der Waals surface area contributed by atoms with Gasteiger partial charge in [0.25, 0.3) is 0 Å². The summed E-state index contributed by atoms with van der Waals surface area (Å²) >= 11 is 0. The van der Waals surface area contributed by atoms with E-state index in [1.165, 1.54) is 0 Å². The van der Waals surface area contributed by atoms with E-state index in [2.05, 4.69) is 20.6 Å². The number of urea groups is 1. The molecule has 0 unspecified atom stereocenters. The van der Waals surface area contributed by atoms with Gasteiger partial charge in [0, 0.05) is 18.1 Å². The zero-order valence-corrected chi connectivity index (χ0v) is 12.4. The van der Waals surface area contributed by atoms with Gasteiger partial charge in [0.1, 0.15) is 17.9 Å². The molecule has 0 atom stereocenters. The van der Waals surface area contributed by atoms with Gasteiger partial charge in [-0.05, 0) is 36.4 Å². The van der Waals surface area contributed by atoms with Crippen molar-refractivity contribution in [2.75, 3.05) is 17.7 Å². The van der Waals surface area contributed by atoms with Gasteiger partial charge in [-0.2, -0.15) is 0 Å². The van der Waals surface area contributed by atoms with E-state index in [1.54, 1.807) is 73.0 Å². The van der Waals surface area contributed by atoms with Crippen molar-refractivity contribution in [2.45, 2.75) is 0 Å². The van der Waals surface area contributed by atoms with E-state index in [9.17, 15) is 4.79 Å². The van der Waals surface area contributed by atoms with Crippen molar-refractivity contribution in [1.82, 2.24) is 14.5 Å². The summed E-state index contributed by atoms with van der Waals surface area (Å²) in [5.41, 5.74) is 1.27. The van der Waals surface area contributed by atoms with Crippen LogP contribution in [0.5, 0.6) is 5.75 Å². The number of carbonyl (C=O) groups excluding carboxylic acids is 1. The van der Waals surface area contributed by atoms with Crippen LogP contribution in [0.2, 0.25) is 0 Å². The summed E-state index contributed by atoms with van der Waals surface area (Å²) in [7, 11) is 1.59. The molecule has 0 aliphatic rings. The van der Waals surface area contributed by atoms with Crippen LogP contribution in [0.1, 0.15) is 0 Å². The number of aromatic nitrogens is 3. The molecule has 3 aromatic rings. The number of imidazole rings is 1. The first-order valence-electron chi connectivity index (χ1n) is 6.91. The third-order valence-electron chi connectivity index (χ3n) is 3.12. The van der Waals surface area contributed by atoms with Crippen LogP contribution in [0.3, 0.4) is 0 Å². The predicted molar refractivity (Wildman–Crippen MR) is 87.0 cm³/mol. The number of hydrogen-bond acceptors (Lipinski definition) is 4. The number of ether oxygens (including phenoxy) is 1. The van der Waals surface area contributed by atoms with Gasteiger partial charge in [-0.15, -0.1) is 0 Å². The number of methoxy groups -OCH3 is 1. The van der Waals surface area contributed by atoms with Crippen molar-refractivity contribution in [3.63, 3.8) is 0 Å². The van der Waals surface area contributed by atoms with Crippen molar-refractivity contribution in [3.05, 3.63) is 61.3 Å². The van der Waals surface area contributed by atoms with Crippen LogP contribution in [0.4, 0.5) is 16.2 Å². The molecule has 0 saturated carbocycles. The van der Waals surface area contributed by atoms with Gasteiger partial charge >= 0.3 is 6.03 Å². The van der Waals surface area contributed by atoms with E-state index in [0.29, 0.717) is 11.4 Å². The lowest BCUT2D eigenvalue weighted by Gasteiger charge is -2.08. The van der Waals surface area contributed by atoms with E-state index in [-0.39, 0.29) is 6.03 Å². The Balaban J connectivity index is 1.61. The molecule has 0 fully saturated rings. The molecule has 2 heterocycles. The summed E-state index contributed by atoms with van der Waals surface area (Å²) in [6.45, 7) is 0. The summed E-state index contributed by atoms with van der Waals surface area (Å²) < 4.78 is 6.85. The van der Waals surface area contributed by atoms with Gasteiger partial charge in [-0.3, -0.25) is 4.57 Å². The largest absolute Gasteiger partial charge is 0.497 e. The van der Waals surface area contributed by atoms with E-state index in [1.807, 2.05) is 0 Å². The van der Waals surface area contributed by atoms with Crippen molar-refractivity contribution < 1.29 is 9.53 Å². The normalized spacial score (nSPS) is 10.1. The molecule has 7 heteroatoms. The number of amides is 2. The fourth-order valence-corrected chi connectivity index (χ4v) is 1.98. The van der Waals surface area contributed by atoms with Crippen LogP contribution < -0.4 is 15.4 Å². The first-order chi connectivity index (χ1) is 11.2. The van der Waals surface area contributed by atoms with Crippen molar-refractivity contribution >= 4 is 17.4 Å². The highest BCUT2D eigenvalue weighted by Crippen LogP contribution is 2.15. The molecule has 2 N–H and O–H groups in total. The van der Waals surface area contributed by atoms with Crippen molar-refractivity contribution in [3.8, 4) is 11.6 Å². The Labute approximate surface area is 133 Å². The second-order valence-corrected chi connectivity index (χ2v) is 4.68. The van der Waals surface area contributed by atoms with E-state index in [0.717, 1.165) is 11.6 Å². The zero-order chi connectivity index (χ0) is 16.1. The number of rotatable bonds is 4. The Kier molecular flexibility index (Phi) is 4.19. The molecule has 3 rings (SSSR count). The topological polar surface area (TPSA) is 81.1 Å². The van der Waals surface area contributed by atoms with Crippen LogP contribution in [-0.2, 0) is 0 Å². The Morgan fingerprint density at radius 3 is 2.43 bits per heavy atom. The van der Waals surface area contributed by atoms with Crippen molar-refractivity contribution in [1.29, 1.82) is 0 Å². The number of nitrogens with zero attached hydrogens (tertiary/aromatic N) is 3. The summed E-state index contributed by atoms with van der Waals surface area (Å²) in [6, 6.07) is 10.3. The Morgan fingerprint density at radius 2 is 1.83 bits per heavy atom. The second kappa shape index (κ2) is 6.61. The maximum absolute atomic E-state index is 12.0. The van der Waals surface area contributed by atoms with Gasteiger partial charge in [0.15, 0.2) is 0 Å². The lowest BCUT2D eigenvalue weighted by Crippen LogP contribution is -2.19. The third-order valence-corrected chi connectivity index (χ3v) is 3.12. The molecule has 1 aromatic carbocycles. The molecule has 7 nitrogen and oxygen atoms in total. The van der Waals surface area contributed by atoms with Gasteiger partial charge in [-0.25, -0.2) is 14.8 Å². The average molecular weight is 309 g/mol. The molecule has 0 saturated heterocycles. The maximum Gasteiger partial charge on any atom is 0.323 e. The first kappa shape index (κ1) is 14.6. The predicted octanol–water partition coefficient (Wildman–Crippen LogP) is 2.92. The molecule has 116 valence electrons. The molecule has 2 aromatic heterocycles. The van der Waals surface area contributed by atoms with Crippen LogP contribution in [0, 0.1) is 0 Å². The smallest absolute Gasteiger partial charge is 0.323 e. The van der Waals surface area contributed by atoms with E-state index < -0.39 is 0 Å². The molecule has 23 heavy (non-hydrogen) atoms. The fourth-order valence-electron chi connectivity index (χ4n) is 1.98. The minimum atomic E-state index is -0.340. The monoisotopic (exact) mass is 309 g/mol. The Hall–Kier alpha value is -3.35. The van der Waals surface area contributed by atoms with Gasteiger partial charge in [-0.1, -0.05) is 0 Å². The Morgan fingerprint density at radius 1 is 1.09 bits per heavy atom. The second-order valence-electron chi connectivity index (χ2n) is 4.68. The summed E-state index contributed by atoms with van der Waals surface area (Å²) in [5.74, 6) is 1.46. The van der Waals surface area contributed by atoms with Gasteiger partial charge < -0.3 is 15.4 Å². The number of benzene rings is 1. The maximum atomic E-state index is 12.0. The highest BCUT2D eigenvalue weighted by Gasteiger charge is 2.04. The summed E-state index contributed by atoms with van der Waals surface area (Å²) in [5, 5.41) is 5.46. The molecule has 0 radical (unpaired) electrons. The van der Waals surface area contributed by atoms with E-state index >= 15 is 0 Å². The standard InChI is InChI=1S/C16H15N5O2/c1-23-14-5-2-12(3-6-14)19-16(22)20-13-4-7-15(18-10-13)21-9-8-17-11-21/h2-11H,1H3,(H2,19,20,22). The lowest BCUT2D eigenvalue weighted by atomic mass is 10.3. The lowest BCUT2D eigenvalue weighted by molar-refractivity contribution is 0.262. The van der Waals surface area contributed by atoms with E-state index in [4.69, 9.17) is 4.74 Å². The highest BCUT2D eigenvalue weighted by molar-refractivity contribution is 5.99. The van der Waals surface area contributed by atoms with Crippen LogP contribution in [0.25, 0.3) is 5.82 Å². The molecule has 0 aliphatic carbocycles. The molecule has 0 spiro atoms. The number of anilines is 2. The van der Waals surface area contributed by atoms with Crippen LogP contribution in [0.15, 0.2) is 61.3 Å². The minimum absolute atomic E-state index is 0.340. The van der Waals surface area contributed by atoms with Gasteiger partial charge in [0.05, 0.1) is 19.0 Å². The van der Waals surface area contributed by atoms with Crippen molar-refractivity contribution in [2.24, 2.45) is 0 Å². The highest BCUT2D eigenvalue weighted by atomic mass is 16.5. The molecular weight excluding hydrogens is 294 g/mol. The van der Waals surface area contributed by atoms with Crippen LogP contribution in [-0.4, -0.2) is 27.7 Å². The summed E-state index contributed by atoms with van der Waals surface area (Å²) in [6.07, 6.45) is 6.72. The fraction of sp³-hybridized carbons (Fsp3) is 0.0625. The molecule has 0 aliphatic heterocycles. The third kappa shape index (κ3) is 3.65. The number of carbonyl (C=O) groups is 1. The molecule has 2 amide bonds. The number of hydrogen-bond donors (Lipinski definition) is 2. The van der Waals surface area contributed by atoms with Gasteiger partial charge in [0.2, 0.25) is 0 Å². The molecular formula is C16H15N5O2. The first-order valence-corrected chi connectivity index (χ1v) is 6.91. The number of pyridine rings is 1. The van der Waals surface area contributed by atoms with Crippen LogP contribution >= 0.6 is 0 Å². The Bertz CT molecular complexity index is 767. The zero-order valence-electron chi connectivity index (χ0n) is 12.4. The average Bonchev–Trinajstić information content (AvgIpc) is 3.11. The summed E-state index contributed by atoms with van der Waals surface area (Å²) in [4.78, 5) is 20.2. The minimum Gasteiger partial charge on any atom is -0.497 e. The quantitative estimate of drug-likeness (QED) is 0.776. The molecule has 0 bridgehead atoms.